The van der Waals surface area contributed by atoms with Gasteiger partial charge < -0.3 is 39.8 Å². The zero-order valence-electron chi connectivity index (χ0n) is 43.4. The number of esters is 1. The van der Waals surface area contributed by atoms with E-state index in [1.807, 2.05) is 38.1 Å². The van der Waals surface area contributed by atoms with Gasteiger partial charge in [-0.3, -0.25) is 33.7 Å². The number of unbranched alkanes of at least 4 members (excludes halogenated alkanes) is 1. The Kier molecular flexibility index (Phi) is 18.3. The lowest BCUT2D eigenvalue weighted by molar-refractivity contribution is -0.162. The van der Waals surface area contributed by atoms with Crippen molar-refractivity contribution in [1.82, 2.24) is 25.8 Å². The second-order valence-electron chi connectivity index (χ2n) is 19.4. The van der Waals surface area contributed by atoms with Crippen LogP contribution in [-0.2, 0) is 35.1 Å². The van der Waals surface area contributed by atoms with Gasteiger partial charge in [-0.1, -0.05) is 56.0 Å². The molecule has 16 heteroatoms. The molecule has 0 radical (unpaired) electrons. The second kappa shape index (κ2) is 25.0. The number of benzene rings is 4. The summed E-state index contributed by atoms with van der Waals surface area (Å²) in [6.45, 7) is 14.5. The van der Waals surface area contributed by atoms with Gasteiger partial charge >= 0.3 is 5.97 Å². The number of methoxy groups -OCH3 is 1. The van der Waals surface area contributed by atoms with Crippen molar-refractivity contribution in [2.24, 2.45) is 0 Å². The number of imide groups is 1. The van der Waals surface area contributed by atoms with E-state index >= 15 is 0 Å². The van der Waals surface area contributed by atoms with E-state index in [2.05, 4.69) is 61.5 Å². The first-order valence-corrected chi connectivity index (χ1v) is 25.7. The second-order valence-corrected chi connectivity index (χ2v) is 19.4. The summed E-state index contributed by atoms with van der Waals surface area (Å²) in [5.41, 5.74) is 7.91. The van der Waals surface area contributed by atoms with Crippen LogP contribution in [0.25, 0.3) is 0 Å². The number of amides is 6. The summed E-state index contributed by atoms with van der Waals surface area (Å²) in [6.07, 6.45) is 5.04. The standard InChI is InChI=1S/C58H69N5O11/c1-8-44(42-31-35(2)39(6)36(3)32-42)55(67)62-29-12-9-15-47(62)58(70)74-49(26-19-40-18-25-48(71-7)37(4)30-40)41-20-22-43(23-21-41)72-33-51(64)59-27-10-11-28-60-52(65)34-73-50-16-13-14-45-53(50)57(69)63(56(45)68)46-24-17-38(5)61-54(46)66/h13-14,16,18,20-23,25,30-32,44,46-47,49H,5,8-12,15,17,19,24,26-29,33-34H2,1-4,6-7H3,(H,59,64)(H,60,65)(H,61,66)/t44-,46?,47-,49+/m0/s1. The highest BCUT2D eigenvalue weighted by molar-refractivity contribution is 6.24. The third kappa shape index (κ3) is 13.0. The maximum Gasteiger partial charge on any atom is 0.329 e. The van der Waals surface area contributed by atoms with Gasteiger partial charge in [-0.2, -0.15) is 0 Å². The van der Waals surface area contributed by atoms with Crippen LogP contribution in [0.3, 0.4) is 0 Å². The van der Waals surface area contributed by atoms with Crippen LogP contribution < -0.4 is 30.2 Å². The molecule has 6 amide bonds. The van der Waals surface area contributed by atoms with Gasteiger partial charge in [0.15, 0.2) is 13.2 Å². The Morgan fingerprint density at radius 2 is 1.47 bits per heavy atom. The fraction of sp³-hybridized carbons (Fsp3) is 0.431. The van der Waals surface area contributed by atoms with Crippen molar-refractivity contribution >= 4 is 41.4 Å². The number of rotatable bonds is 22. The first-order chi connectivity index (χ1) is 35.6. The molecule has 4 aromatic carbocycles. The lowest BCUT2D eigenvalue weighted by Crippen LogP contribution is -2.51. The molecule has 3 N–H and O–H groups in total. The van der Waals surface area contributed by atoms with Crippen molar-refractivity contribution < 1.29 is 52.5 Å². The highest BCUT2D eigenvalue weighted by Gasteiger charge is 2.45. The van der Waals surface area contributed by atoms with Crippen molar-refractivity contribution in [3.63, 3.8) is 0 Å². The summed E-state index contributed by atoms with van der Waals surface area (Å²) in [7, 11) is 1.64. The Hall–Kier alpha value is -7.49. The molecule has 392 valence electrons. The first kappa shape index (κ1) is 54.3. The van der Waals surface area contributed by atoms with Gasteiger partial charge in [0.05, 0.1) is 24.2 Å². The molecule has 16 nitrogen and oxygen atoms in total. The van der Waals surface area contributed by atoms with E-state index in [0.717, 1.165) is 56.9 Å². The van der Waals surface area contributed by atoms with Crippen LogP contribution in [0, 0.1) is 27.7 Å². The topological polar surface area (TPSA) is 199 Å². The van der Waals surface area contributed by atoms with Crippen molar-refractivity contribution in [3.8, 4) is 17.2 Å². The molecule has 2 fully saturated rings. The molecule has 0 spiro atoms. The van der Waals surface area contributed by atoms with Crippen molar-refractivity contribution in [2.45, 2.75) is 123 Å². The fourth-order valence-corrected chi connectivity index (χ4v) is 9.93. The molecular formula is C58H69N5O11. The predicted molar refractivity (Wildman–Crippen MR) is 278 cm³/mol. The van der Waals surface area contributed by atoms with Gasteiger partial charge in [0.1, 0.15) is 35.4 Å². The number of carbonyl (C=O) groups is 7. The zero-order valence-corrected chi connectivity index (χ0v) is 43.4. The van der Waals surface area contributed by atoms with Gasteiger partial charge in [0.25, 0.3) is 23.6 Å². The molecule has 4 aromatic rings. The zero-order chi connectivity index (χ0) is 53.1. The number of allylic oxidation sites excluding steroid dienone is 1. The molecule has 1 unspecified atom stereocenters. The average Bonchev–Trinajstić information content (AvgIpc) is 3.65. The number of piperidine rings is 2. The molecule has 2 saturated heterocycles. The molecule has 7 rings (SSSR count). The Labute approximate surface area is 433 Å². The smallest absolute Gasteiger partial charge is 0.329 e. The van der Waals surface area contributed by atoms with Crippen LogP contribution in [-0.4, -0.2) is 103 Å². The molecule has 0 bridgehead atoms. The molecule has 0 aromatic heterocycles. The van der Waals surface area contributed by atoms with Crippen LogP contribution in [0.5, 0.6) is 17.2 Å². The van der Waals surface area contributed by atoms with Crippen molar-refractivity contribution in [2.75, 3.05) is 40.0 Å². The van der Waals surface area contributed by atoms with Crippen LogP contribution >= 0.6 is 0 Å². The van der Waals surface area contributed by atoms with E-state index in [9.17, 15) is 33.6 Å². The van der Waals surface area contributed by atoms with Gasteiger partial charge in [-0.15, -0.1) is 0 Å². The average molecular weight is 1010 g/mol. The quantitative estimate of drug-likeness (QED) is 0.0399. The SMILES string of the molecule is C=C1CCC(N2C(=O)c3cccc(OCC(=O)NCCCCNC(=O)COc4ccc([C@@H](CCc5ccc(OC)c(C)c5)OC(=O)[C@@H]5CCCCN5C(=O)[C@@H](CC)c5cc(C)c(C)c(C)c5)cc4)c3C2=O)C(=O)N1. The summed E-state index contributed by atoms with van der Waals surface area (Å²) in [6, 6.07) is 20.2. The monoisotopic (exact) mass is 1010 g/mol. The van der Waals surface area contributed by atoms with E-state index < -0.39 is 54.4 Å². The number of hydrogen-bond donors (Lipinski definition) is 3. The number of nitrogens with zero attached hydrogens (tertiary/aromatic N) is 2. The normalized spacial score (nSPS) is 17.2. The molecule has 74 heavy (non-hydrogen) atoms. The fourth-order valence-electron chi connectivity index (χ4n) is 9.93. The third-order valence-electron chi connectivity index (χ3n) is 14.3. The Balaban J connectivity index is 0.877. The molecule has 3 heterocycles. The first-order valence-electron chi connectivity index (χ1n) is 25.7. The van der Waals surface area contributed by atoms with E-state index in [4.69, 9.17) is 18.9 Å². The van der Waals surface area contributed by atoms with Gasteiger partial charge in [0.2, 0.25) is 11.8 Å². The van der Waals surface area contributed by atoms with E-state index in [1.165, 1.54) is 17.7 Å². The third-order valence-corrected chi connectivity index (χ3v) is 14.3. The van der Waals surface area contributed by atoms with Crippen LogP contribution in [0.1, 0.15) is 136 Å². The van der Waals surface area contributed by atoms with Gasteiger partial charge in [-0.25, -0.2) is 4.79 Å². The van der Waals surface area contributed by atoms with Gasteiger partial charge in [0, 0.05) is 25.3 Å². The summed E-state index contributed by atoms with van der Waals surface area (Å²) in [4.78, 5) is 95.8. The Morgan fingerprint density at radius 3 is 2.12 bits per heavy atom. The lowest BCUT2D eigenvalue weighted by atomic mass is 9.89. The van der Waals surface area contributed by atoms with Crippen LogP contribution in [0.2, 0.25) is 0 Å². The highest BCUT2D eigenvalue weighted by Crippen LogP contribution is 2.35. The summed E-state index contributed by atoms with van der Waals surface area (Å²) < 4.78 is 23.4. The minimum atomic E-state index is -0.968. The van der Waals surface area contributed by atoms with E-state index in [0.29, 0.717) is 76.0 Å². The maximum absolute atomic E-state index is 14.3. The van der Waals surface area contributed by atoms with Crippen molar-refractivity contribution in [3.05, 3.63) is 135 Å². The lowest BCUT2D eigenvalue weighted by Gasteiger charge is -2.37. The van der Waals surface area contributed by atoms with Crippen LogP contribution in [0.4, 0.5) is 0 Å². The summed E-state index contributed by atoms with van der Waals surface area (Å²) in [5, 5.41) is 8.19. The van der Waals surface area contributed by atoms with Gasteiger partial charge in [-0.05, 0) is 161 Å². The summed E-state index contributed by atoms with van der Waals surface area (Å²) in [5.74, 6) is -2.02. The van der Waals surface area contributed by atoms with Crippen molar-refractivity contribution in [1.29, 1.82) is 0 Å². The Bertz CT molecular complexity index is 2750. The molecule has 3 aliphatic rings. The minimum absolute atomic E-state index is 0.0137. The van der Waals surface area contributed by atoms with Crippen LogP contribution in [0.15, 0.2) is 85.1 Å². The molecular weight excluding hydrogens is 943 g/mol. The molecule has 3 aliphatic heterocycles. The number of carbonyl (C=O) groups excluding carboxylic acids is 7. The maximum atomic E-state index is 14.3. The number of likely N-dealkylation sites (tertiary alicyclic amines) is 1. The Morgan fingerprint density at radius 1 is 0.784 bits per heavy atom. The highest BCUT2D eigenvalue weighted by atomic mass is 16.5. The number of hydrogen-bond acceptors (Lipinski definition) is 11. The predicted octanol–water partition coefficient (Wildman–Crippen LogP) is 7.58. The number of nitrogens with one attached hydrogen (secondary N) is 3. The summed E-state index contributed by atoms with van der Waals surface area (Å²) >= 11 is 0. The molecule has 0 aliphatic carbocycles. The number of ether oxygens (including phenoxy) is 4. The molecule has 0 saturated carbocycles. The largest absolute Gasteiger partial charge is 0.496 e. The van der Waals surface area contributed by atoms with E-state index in [1.54, 1.807) is 30.2 Å². The van der Waals surface area contributed by atoms with E-state index in [-0.39, 0.29) is 47.6 Å². The number of fused-ring (bicyclic) bond motifs is 1. The minimum Gasteiger partial charge on any atom is -0.496 e. The molecule has 4 atom stereocenters. The number of aryl methyl sites for hydroxylation is 4.